The number of thiocarbonyl (C=S) groups is 4. The van der Waals surface area contributed by atoms with E-state index in [4.69, 9.17) is 122 Å². The third-order valence-corrected chi connectivity index (χ3v) is 8.55. The fraction of sp³-hybridized carbons (Fsp3) is 0.889. The molecule has 0 aliphatic heterocycles. The fourth-order valence-corrected chi connectivity index (χ4v) is 5.15. The largest absolute Gasteiger partial charge is 1.00 e. The van der Waals surface area contributed by atoms with E-state index in [9.17, 15) is 0 Å². The van der Waals surface area contributed by atoms with E-state index in [1.165, 1.54) is 0 Å². The Bertz CT molecular complexity index is 838. The van der Waals surface area contributed by atoms with Crippen LogP contribution in [0.4, 0.5) is 0 Å². The van der Waals surface area contributed by atoms with Crippen molar-refractivity contribution in [2.75, 3.05) is 209 Å². The molecule has 0 unspecified atom stereocenters. The average molecular weight is 1210 g/mol. The molecule has 24 N–H and O–H groups in total. The molecule has 0 aromatic carbocycles. The Balaban J connectivity index is -0.000000115. The first-order valence-electron chi connectivity index (χ1n) is 22.2. The third kappa shape index (κ3) is 108. The van der Waals surface area contributed by atoms with Gasteiger partial charge in [0, 0.05) is 209 Å². The second kappa shape index (κ2) is 87.2. The molecule has 0 aliphatic rings. The van der Waals surface area contributed by atoms with Gasteiger partial charge in [-0.05, 0) is 0 Å². The molecular formula is C36H88K4N20S8. The molecule has 0 fully saturated rings. The second-order valence-electron chi connectivity index (χ2n) is 13.0. The zero-order valence-corrected chi connectivity index (χ0v) is 61.2. The van der Waals surface area contributed by atoms with Gasteiger partial charge in [0.15, 0.2) is 0 Å². The van der Waals surface area contributed by atoms with E-state index < -0.39 is 0 Å². The van der Waals surface area contributed by atoms with Gasteiger partial charge in [0.1, 0.15) is 0 Å². The van der Waals surface area contributed by atoms with Crippen LogP contribution in [0.5, 0.6) is 0 Å². The summed E-state index contributed by atoms with van der Waals surface area (Å²) >= 11 is 37.7. The van der Waals surface area contributed by atoms with Crippen molar-refractivity contribution in [1.29, 1.82) is 0 Å². The molecule has 0 saturated heterocycles. The third-order valence-electron chi connectivity index (χ3n) is 7.40. The van der Waals surface area contributed by atoms with Crippen LogP contribution in [0.2, 0.25) is 0 Å². The summed E-state index contributed by atoms with van der Waals surface area (Å²) in [7, 11) is 0. The van der Waals surface area contributed by atoms with Gasteiger partial charge in [0.25, 0.3) is 0 Å². The topological polar surface area (TPSA) is 297 Å². The van der Waals surface area contributed by atoms with Crippen molar-refractivity contribution < 1.29 is 206 Å². The van der Waals surface area contributed by atoms with E-state index >= 15 is 0 Å². The van der Waals surface area contributed by atoms with Gasteiger partial charge in [-0.1, -0.05) is 17.3 Å². The average Bonchev–Trinajstić information content (AvgIpc) is 3.26. The zero-order chi connectivity index (χ0) is 48.3. The van der Waals surface area contributed by atoms with Crippen LogP contribution in [0.15, 0.2) is 0 Å². The molecule has 0 aromatic heterocycles. The molecule has 0 bridgehead atoms. The predicted octanol–water partition coefficient (Wildman–Crippen LogP) is -19.4. The minimum Gasteiger partial charge on any atom is -0.412 e. The van der Waals surface area contributed by atoms with E-state index in [2.05, 4.69) is 85.1 Å². The first-order chi connectivity index (χ1) is 31.1. The summed E-state index contributed by atoms with van der Waals surface area (Å²) in [6.45, 7) is 28.3. The molecular weight excluding hydrogens is 1130 g/mol. The van der Waals surface area contributed by atoms with Crippen LogP contribution < -0.4 is 314 Å². The molecule has 0 spiro atoms. The molecule has 68 heavy (non-hydrogen) atoms. The van der Waals surface area contributed by atoms with Gasteiger partial charge >= 0.3 is 206 Å². The minimum atomic E-state index is 0. The number of rotatable bonds is 44. The van der Waals surface area contributed by atoms with Crippen molar-refractivity contribution in [3.05, 3.63) is 0 Å². The summed E-state index contributed by atoms with van der Waals surface area (Å²) in [6.07, 6.45) is 0. The summed E-state index contributed by atoms with van der Waals surface area (Å²) in [5.74, 6) is 0. The van der Waals surface area contributed by atoms with Crippen LogP contribution >= 0.6 is 48.9 Å². The molecule has 20 nitrogen and oxygen atoms in total. The van der Waals surface area contributed by atoms with Gasteiger partial charge in [-0.3, -0.25) is 0 Å². The van der Waals surface area contributed by atoms with Gasteiger partial charge < -0.3 is 207 Å². The van der Waals surface area contributed by atoms with Crippen molar-refractivity contribution >= 4 is 117 Å². The Morgan fingerprint density at radius 1 is 0.221 bits per heavy atom. The molecule has 0 radical (unpaired) electrons. The fourth-order valence-electron chi connectivity index (χ4n) is 4.33. The Morgan fingerprint density at radius 3 is 0.426 bits per heavy atom. The maximum Gasteiger partial charge on any atom is 1.00 e. The Labute approximate surface area is 626 Å². The number of nitrogens with two attached hydrogens (primary N) is 4. The first kappa shape index (κ1) is 90.9. The van der Waals surface area contributed by atoms with Gasteiger partial charge in [-0.2, -0.15) is 0 Å². The number of hydrogen-bond donors (Lipinski definition) is 20. The van der Waals surface area contributed by atoms with Crippen LogP contribution in [-0.2, 0) is 50.5 Å². The SMILES string of the molecule is NCCNCCNCCNCCNC(=S)[S-].NCCNCCNCCNCCNC(=S)[S-].NCCNCCNCCNCCNC(=S)[S-].NCCNCCNCCNCCNC(=S)[S-].[K+].[K+].[K+].[K+]. The Kier molecular flexibility index (Phi) is 117. The summed E-state index contributed by atoms with van der Waals surface area (Å²) in [6, 6.07) is 0. The van der Waals surface area contributed by atoms with Gasteiger partial charge in [-0.15, -0.1) is 0 Å². The van der Waals surface area contributed by atoms with E-state index in [-0.39, 0.29) is 206 Å². The summed E-state index contributed by atoms with van der Waals surface area (Å²) in [5, 5.41) is 50.8. The van der Waals surface area contributed by atoms with Crippen LogP contribution in [0.3, 0.4) is 0 Å². The normalized spacial score (nSPS) is 9.71. The molecule has 0 aliphatic carbocycles. The molecule has 0 rings (SSSR count). The van der Waals surface area contributed by atoms with Crippen molar-refractivity contribution in [3.8, 4) is 0 Å². The monoisotopic (exact) mass is 1210 g/mol. The second-order valence-corrected chi connectivity index (χ2v) is 17.3. The standard InChI is InChI=1S/4C9H23N5S2.4K/c4*10-1-2-11-3-4-12-5-6-13-7-8-14-9(15)16;;;;/h4*11-13H,1-8,10H2,(H2,14,15,16);;;;/q;;;;4*+1/p-4. The van der Waals surface area contributed by atoms with Crippen molar-refractivity contribution in [1.82, 2.24) is 85.1 Å². The van der Waals surface area contributed by atoms with Crippen LogP contribution in [0.25, 0.3) is 0 Å². The molecule has 0 aromatic rings. The predicted molar refractivity (Wildman–Crippen MR) is 303 cm³/mol. The Hall–Kier alpha value is 6.35. The molecule has 0 saturated carbocycles. The first-order valence-corrected chi connectivity index (χ1v) is 25.4. The quantitative estimate of drug-likeness (QED) is 0.0117. The molecule has 0 heterocycles. The molecule has 32 heteroatoms. The molecule has 0 amide bonds. The van der Waals surface area contributed by atoms with Crippen LogP contribution in [0, 0.1) is 0 Å². The number of nitrogens with one attached hydrogen (secondary N) is 16. The van der Waals surface area contributed by atoms with E-state index in [0.29, 0.717) is 43.5 Å². The van der Waals surface area contributed by atoms with E-state index in [0.717, 1.165) is 183 Å². The van der Waals surface area contributed by atoms with Gasteiger partial charge in [-0.25, -0.2) is 0 Å². The van der Waals surface area contributed by atoms with E-state index in [1.54, 1.807) is 0 Å². The van der Waals surface area contributed by atoms with Crippen LogP contribution in [0.1, 0.15) is 0 Å². The Morgan fingerprint density at radius 2 is 0.324 bits per heavy atom. The summed E-state index contributed by atoms with van der Waals surface area (Å²) in [4.78, 5) is 0. The van der Waals surface area contributed by atoms with Gasteiger partial charge in [0.2, 0.25) is 0 Å². The zero-order valence-electron chi connectivity index (χ0n) is 42.2. The maximum atomic E-state index is 5.34. The molecule has 0 atom stereocenters. The number of hydrogen-bond acceptors (Lipinski definition) is 24. The minimum absolute atomic E-state index is 0. The van der Waals surface area contributed by atoms with Crippen molar-refractivity contribution in [2.24, 2.45) is 22.9 Å². The summed E-state index contributed by atoms with van der Waals surface area (Å²) < 4.78 is 1.74. The van der Waals surface area contributed by atoms with Gasteiger partial charge in [0.05, 0.1) is 0 Å². The van der Waals surface area contributed by atoms with Crippen LogP contribution in [-0.4, -0.2) is 227 Å². The molecule has 384 valence electrons. The smallest absolute Gasteiger partial charge is 0.412 e. The van der Waals surface area contributed by atoms with E-state index in [1.807, 2.05) is 0 Å². The summed E-state index contributed by atoms with van der Waals surface area (Å²) in [5.41, 5.74) is 21.4. The maximum absolute atomic E-state index is 5.34. The van der Waals surface area contributed by atoms with Crippen molar-refractivity contribution in [2.45, 2.75) is 0 Å². The van der Waals surface area contributed by atoms with Crippen molar-refractivity contribution in [3.63, 3.8) is 0 Å².